The van der Waals surface area contributed by atoms with Crippen LogP contribution in [0.5, 0.6) is 0 Å². The summed E-state index contributed by atoms with van der Waals surface area (Å²) in [5.41, 5.74) is 0.710. The van der Waals surface area contributed by atoms with E-state index in [-0.39, 0.29) is 6.03 Å². The molecule has 2 N–H and O–H groups in total. The third-order valence-corrected chi connectivity index (χ3v) is 5.81. The molecular weight excluding hydrogens is 445 g/mol. The Morgan fingerprint density at radius 1 is 1.03 bits per heavy atom. The van der Waals surface area contributed by atoms with Gasteiger partial charge in [0.2, 0.25) is 0 Å². The predicted octanol–water partition coefficient (Wildman–Crippen LogP) is 3.76. The third-order valence-electron chi connectivity index (χ3n) is 5.81. The highest BCUT2D eigenvalue weighted by atomic mass is 19.4. The zero-order chi connectivity index (χ0) is 24.1. The number of carbonyl (C=O) groups is 1. The van der Waals surface area contributed by atoms with Crippen molar-refractivity contribution < 1.29 is 18.0 Å². The summed E-state index contributed by atoms with van der Waals surface area (Å²) in [6.07, 6.45) is -2.91. The Bertz CT molecular complexity index is 1130. The Balaban J connectivity index is 1.55. The van der Waals surface area contributed by atoms with E-state index in [9.17, 15) is 18.0 Å². The van der Waals surface area contributed by atoms with Crippen LogP contribution in [0.4, 0.5) is 23.8 Å². The number of nitrogens with zero attached hydrogens (tertiary/aromatic N) is 4. The number of hydrogen-bond acceptors (Lipinski definition) is 5. The molecule has 0 radical (unpaired) electrons. The van der Waals surface area contributed by atoms with Crippen LogP contribution in [-0.2, 0) is 6.18 Å². The number of halogens is 3. The molecule has 2 aromatic heterocycles. The normalized spacial score (nSPS) is 14.9. The van der Waals surface area contributed by atoms with Crippen molar-refractivity contribution in [1.82, 2.24) is 25.5 Å². The Hall–Kier alpha value is -3.40. The molecule has 3 heterocycles. The van der Waals surface area contributed by atoms with Crippen molar-refractivity contribution in [2.75, 3.05) is 50.7 Å². The van der Waals surface area contributed by atoms with Gasteiger partial charge in [-0.25, -0.2) is 14.8 Å². The number of hydrogen-bond donors (Lipinski definition) is 2. The standard InChI is InChI=1S/C24H27F3N6O/c1-2-28-23(34)29-10-11-32-12-14-33(15-13-32)22-18-8-9-20(24(25,26)27)31-21(18)19(16-30-22)17-6-4-3-5-7-17/h3-9,16H,2,10-15H2,1H3,(H2,28,29,34). The number of fused-ring (bicyclic) bond motifs is 1. The summed E-state index contributed by atoms with van der Waals surface area (Å²) in [6.45, 7) is 6.58. The van der Waals surface area contributed by atoms with Gasteiger partial charge in [-0.05, 0) is 24.6 Å². The number of nitrogens with one attached hydrogen (secondary N) is 2. The first-order valence-corrected chi connectivity index (χ1v) is 11.3. The lowest BCUT2D eigenvalue weighted by atomic mass is 10.0. The van der Waals surface area contributed by atoms with Gasteiger partial charge in [-0.1, -0.05) is 30.3 Å². The molecule has 0 bridgehead atoms. The van der Waals surface area contributed by atoms with Gasteiger partial charge in [-0.3, -0.25) is 4.90 Å². The smallest absolute Gasteiger partial charge is 0.353 e. The lowest BCUT2D eigenvalue weighted by Crippen LogP contribution is -2.49. The number of alkyl halides is 3. The summed E-state index contributed by atoms with van der Waals surface area (Å²) >= 11 is 0. The highest BCUT2D eigenvalue weighted by Gasteiger charge is 2.33. The van der Waals surface area contributed by atoms with Gasteiger partial charge in [0.05, 0.1) is 5.52 Å². The van der Waals surface area contributed by atoms with Crippen LogP contribution in [0.25, 0.3) is 22.0 Å². The largest absolute Gasteiger partial charge is 0.433 e. The number of pyridine rings is 2. The summed E-state index contributed by atoms with van der Waals surface area (Å²) in [5.74, 6) is 0.635. The van der Waals surface area contributed by atoms with Gasteiger partial charge in [0.15, 0.2) is 0 Å². The number of anilines is 1. The van der Waals surface area contributed by atoms with E-state index in [0.717, 1.165) is 31.3 Å². The summed E-state index contributed by atoms with van der Waals surface area (Å²) in [5, 5.41) is 6.11. The van der Waals surface area contributed by atoms with E-state index < -0.39 is 11.9 Å². The van der Waals surface area contributed by atoms with Crippen molar-refractivity contribution in [3.05, 3.63) is 54.4 Å². The zero-order valence-corrected chi connectivity index (χ0v) is 18.9. The van der Waals surface area contributed by atoms with Gasteiger partial charge in [-0.2, -0.15) is 13.2 Å². The van der Waals surface area contributed by atoms with Crippen molar-refractivity contribution in [1.29, 1.82) is 0 Å². The zero-order valence-electron chi connectivity index (χ0n) is 18.9. The highest BCUT2D eigenvalue weighted by Crippen LogP contribution is 2.35. The van der Waals surface area contributed by atoms with Crippen LogP contribution in [0.2, 0.25) is 0 Å². The molecule has 180 valence electrons. The molecule has 2 amide bonds. The number of amides is 2. The predicted molar refractivity (Wildman–Crippen MR) is 126 cm³/mol. The summed E-state index contributed by atoms with van der Waals surface area (Å²) in [4.78, 5) is 24.5. The molecular formula is C24H27F3N6O. The summed E-state index contributed by atoms with van der Waals surface area (Å²) in [7, 11) is 0. The SMILES string of the molecule is CCNC(=O)NCCN1CCN(c2ncc(-c3ccccc3)c3nc(C(F)(F)F)ccc23)CC1. The molecule has 0 aliphatic carbocycles. The van der Waals surface area contributed by atoms with Crippen molar-refractivity contribution in [2.45, 2.75) is 13.1 Å². The average molecular weight is 473 g/mol. The molecule has 1 aliphatic heterocycles. The fourth-order valence-corrected chi connectivity index (χ4v) is 4.07. The van der Waals surface area contributed by atoms with Crippen LogP contribution in [0.1, 0.15) is 12.6 Å². The van der Waals surface area contributed by atoms with Gasteiger partial charge in [-0.15, -0.1) is 0 Å². The Morgan fingerprint density at radius 3 is 2.44 bits per heavy atom. The first-order chi connectivity index (χ1) is 16.4. The number of benzene rings is 1. The van der Waals surface area contributed by atoms with Crippen molar-refractivity contribution in [3.8, 4) is 11.1 Å². The quantitative estimate of drug-likeness (QED) is 0.572. The number of piperazine rings is 1. The van der Waals surface area contributed by atoms with Crippen LogP contribution in [-0.4, -0.2) is 66.7 Å². The third kappa shape index (κ3) is 5.39. The number of rotatable bonds is 6. The molecule has 0 unspecified atom stereocenters. The maximum absolute atomic E-state index is 13.4. The van der Waals surface area contributed by atoms with Crippen molar-refractivity contribution in [3.63, 3.8) is 0 Å². The lowest BCUT2D eigenvalue weighted by Gasteiger charge is -2.36. The minimum atomic E-state index is -4.53. The second-order valence-corrected chi connectivity index (χ2v) is 8.07. The maximum atomic E-state index is 13.4. The molecule has 1 aromatic carbocycles. The number of urea groups is 1. The van der Waals surface area contributed by atoms with Gasteiger partial charge in [0.25, 0.3) is 0 Å². The molecule has 10 heteroatoms. The van der Waals surface area contributed by atoms with E-state index in [2.05, 4.69) is 30.4 Å². The minimum Gasteiger partial charge on any atom is -0.353 e. The molecule has 1 saturated heterocycles. The molecule has 0 atom stereocenters. The lowest BCUT2D eigenvalue weighted by molar-refractivity contribution is -0.140. The Morgan fingerprint density at radius 2 is 1.76 bits per heavy atom. The fraction of sp³-hybridized carbons (Fsp3) is 0.375. The van der Waals surface area contributed by atoms with Gasteiger partial charge >= 0.3 is 12.2 Å². The first-order valence-electron chi connectivity index (χ1n) is 11.3. The van der Waals surface area contributed by atoms with Crippen LogP contribution < -0.4 is 15.5 Å². The molecule has 1 fully saturated rings. The second-order valence-electron chi connectivity index (χ2n) is 8.07. The summed E-state index contributed by atoms with van der Waals surface area (Å²) < 4.78 is 40.3. The van der Waals surface area contributed by atoms with Crippen LogP contribution >= 0.6 is 0 Å². The molecule has 7 nitrogen and oxygen atoms in total. The monoisotopic (exact) mass is 472 g/mol. The van der Waals surface area contributed by atoms with Gasteiger partial charge in [0, 0.05) is 63.0 Å². The van der Waals surface area contributed by atoms with E-state index in [1.54, 1.807) is 6.20 Å². The van der Waals surface area contributed by atoms with E-state index in [4.69, 9.17) is 0 Å². The van der Waals surface area contributed by atoms with Crippen LogP contribution in [0, 0.1) is 0 Å². The second kappa shape index (κ2) is 10.3. The molecule has 1 aliphatic rings. The fourth-order valence-electron chi connectivity index (χ4n) is 4.07. The van der Waals surface area contributed by atoms with E-state index >= 15 is 0 Å². The summed E-state index contributed by atoms with van der Waals surface area (Å²) in [6, 6.07) is 11.5. The molecule has 0 saturated carbocycles. The molecule has 4 rings (SSSR count). The van der Waals surface area contributed by atoms with E-state index in [1.807, 2.05) is 37.3 Å². The number of carbonyl (C=O) groups excluding carboxylic acids is 1. The molecule has 3 aromatic rings. The first kappa shape index (κ1) is 23.7. The minimum absolute atomic E-state index is 0.180. The average Bonchev–Trinajstić information content (AvgIpc) is 2.84. The van der Waals surface area contributed by atoms with E-state index in [0.29, 0.717) is 48.5 Å². The highest BCUT2D eigenvalue weighted by molar-refractivity contribution is 5.99. The van der Waals surface area contributed by atoms with Gasteiger partial charge < -0.3 is 15.5 Å². The van der Waals surface area contributed by atoms with Crippen molar-refractivity contribution in [2.24, 2.45) is 0 Å². The Labute approximate surface area is 196 Å². The van der Waals surface area contributed by atoms with Gasteiger partial charge in [0.1, 0.15) is 11.5 Å². The van der Waals surface area contributed by atoms with Crippen LogP contribution in [0.3, 0.4) is 0 Å². The molecule has 34 heavy (non-hydrogen) atoms. The maximum Gasteiger partial charge on any atom is 0.433 e. The van der Waals surface area contributed by atoms with E-state index in [1.165, 1.54) is 6.07 Å². The van der Waals surface area contributed by atoms with Crippen LogP contribution in [0.15, 0.2) is 48.7 Å². The topological polar surface area (TPSA) is 73.4 Å². The molecule has 0 spiro atoms. The van der Waals surface area contributed by atoms with Crippen molar-refractivity contribution >= 4 is 22.8 Å². The Kier molecular flexibility index (Phi) is 7.16. The number of aromatic nitrogens is 2.